The van der Waals surface area contributed by atoms with Crippen molar-refractivity contribution >= 4 is 37.7 Å². The Morgan fingerprint density at radius 2 is 1.15 bits per heavy atom. The molecule has 0 aliphatic rings. The molecule has 0 aliphatic carbocycles. The van der Waals surface area contributed by atoms with Crippen molar-refractivity contribution in [3.05, 3.63) is 102 Å². The van der Waals surface area contributed by atoms with Crippen LogP contribution in [0.15, 0.2) is 102 Å². The van der Waals surface area contributed by atoms with Crippen LogP contribution in [0, 0.1) is 0 Å². The van der Waals surface area contributed by atoms with Gasteiger partial charge in [-0.15, -0.1) is 0 Å². The highest BCUT2D eigenvalue weighted by atomic mass is 79.9. The predicted octanol–water partition coefficient (Wildman–Crippen LogP) is 7.21. The van der Waals surface area contributed by atoms with Gasteiger partial charge in [0.25, 0.3) is 0 Å². The highest BCUT2D eigenvalue weighted by molar-refractivity contribution is 9.10. The average molecular weight is 398 g/mol. The molecular formula is C24H16BrN. The smallest absolute Gasteiger partial charge is 0.0541 e. The fourth-order valence-corrected chi connectivity index (χ4v) is 4.10. The molecule has 1 heterocycles. The lowest BCUT2D eigenvalue weighted by atomic mass is 10.0. The van der Waals surface area contributed by atoms with Crippen molar-refractivity contribution in [2.45, 2.75) is 0 Å². The molecule has 0 atom stereocenters. The van der Waals surface area contributed by atoms with E-state index >= 15 is 0 Å². The molecule has 0 saturated carbocycles. The molecule has 5 rings (SSSR count). The molecule has 0 aliphatic heterocycles. The normalized spacial score (nSPS) is 11.3. The summed E-state index contributed by atoms with van der Waals surface area (Å²) in [5, 5.41) is 2.56. The summed E-state index contributed by atoms with van der Waals surface area (Å²) < 4.78 is 3.46. The van der Waals surface area contributed by atoms with E-state index in [0.29, 0.717) is 0 Å². The molecule has 0 amide bonds. The molecule has 0 unspecified atom stereocenters. The van der Waals surface area contributed by atoms with Crippen molar-refractivity contribution in [2.75, 3.05) is 0 Å². The Morgan fingerprint density at radius 1 is 0.577 bits per heavy atom. The zero-order valence-corrected chi connectivity index (χ0v) is 15.6. The summed E-state index contributed by atoms with van der Waals surface area (Å²) in [7, 11) is 0. The Morgan fingerprint density at radius 3 is 1.81 bits per heavy atom. The maximum atomic E-state index is 3.65. The Kier molecular flexibility index (Phi) is 3.65. The van der Waals surface area contributed by atoms with Gasteiger partial charge in [0.2, 0.25) is 0 Å². The van der Waals surface area contributed by atoms with Gasteiger partial charge in [-0.25, -0.2) is 0 Å². The van der Waals surface area contributed by atoms with Gasteiger partial charge < -0.3 is 4.57 Å². The first kappa shape index (κ1) is 15.4. The quantitative estimate of drug-likeness (QED) is 0.296. The number of hydrogen-bond acceptors (Lipinski definition) is 0. The van der Waals surface area contributed by atoms with E-state index in [-0.39, 0.29) is 0 Å². The van der Waals surface area contributed by atoms with Gasteiger partial charge in [0.1, 0.15) is 0 Å². The van der Waals surface area contributed by atoms with Gasteiger partial charge in [-0.1, -0.05) is 82.7 Å². The van der Waals surface area contributed by atoms with Gasteiger partial charge in [-0.3, -0.25) is 0 Å². The van der Waals surface area contributed by atoms with Crippen LogP contribution in [-0.4, -0.2) is 4.57 Å². The lowest BCUT2D eigenvalue weighted by Gasteiger charge is -2.14. The van der Waals surface area contributed by atoms with Crippen molar-refractivity contribution in [2.24, 2.45) is 0 Å². The van der Waals surface area contributed by atoms with Crippen molar-refractivity contribution in [3.63, 3.8) is 0 Å². The van der Waals surface area contributed by atoms with Crippen LogP contribution in [0.2, 0.25) is 0 Å². The third kappa shape index (κ3) is 2.38. The molecule has 0 spiro atoms. The fraction of sp³-hybridized carbons (Fsp3) is 0. The molecule has 1 nitrogen and oxygen atoms in total. The minimum atomic E-state index is 1.08. The molecule has 2 heteroatoms. The lowest BCUT2D eigenvalue weighted by Crippen LogP contribution is -1.97. The molecule has 4 aromatic carbocycles. The van der Waals surface area contributed by atoms with Crippen LogP contribution in [0.25, 0.3) is 38.6 Å². The van der Waals surface area contributed by atoms with E-state index in [1.54, 1.807) is 0 Å². The summed E-state index contributed by atoms with van der Waals surface area (Å²) in [6, 6.07) is 34.3. The molecule has 5 aromatic rings. The Balaban J connectivity index is 1.92. The van der Waals surface area contributed by atoms with Crippen molar-refractivity contribution in [3.8, 4) is 16.8 Å². The topological polar surface area (TPSA) is 4.93 Å². The number of fused-ring (bicyclic) bond motifs is 3. The third-order valence-corrected chi connectivity index (χ3v) is 5.36. The highest BCUT2D eigenvalue weighted by Crippen LogP contribution is 2.36. The number of halogens is 1. The number of hydrogen-bond donors (Lipinski definition) is 0. The molecule has 0 N–H and O–H groups in total. The second-order valence-electron chi connectivity index (χ2n) is 6.40. The summed E-state index contributed by atoms with van der Waals surface area (Å²) in [6.45, 7) is 0. The van der Waals surface area contributed by atoms with E-state index < -0.39 is 0 Å². The minimum absolute atomic E-state index is 1.08. The first-order valence-corrected chi connectivity index (χ1v) is 9.46. The minimum Gasteiger partial charge on any atom is -0.309 e. The summed E-state index contributed by atoms with van der Waals surface area (Å²) in [4.78, 5) is 0. The van der Waals surface area contributed by atoms with Crippen LogP contribution in [0.4, 0.5) is 0 Å². The van der Waals surface area contributed by atoms with Crippen LogP contribution in [0.3, 0.4) is 0 Å². The third-order valence-electron chi connectivity index (χ3n) is 4.86. The zero-order valence-electron chi connectivity index (χ0n) is 14.1. The standard InChI is InChI=1S/C24H16BrN/c25-18-14-15-24(21(16-18)17-8-2-1-3-9-17)26-22-12-6-4-10-19(22)20-11-5-7-13-23(20)26/h1-16H. The summed E-state index contributed by atoms with van der Waals surface area (Å²) in [5.41, 5.74) is 6.08. The molecule has 1 aromatic heterocycles. The maximum Gasteiger partial charge on any atom is 0.0541 e. The van der Waals surface area contributed by atoms with Crippen molar-refractivity contribution < 1.29 is 0 Å². The summed E-state index contributed by atoms with van der Waals surface area (Å²) in [5.74, 6) is 0. The molecule has 0 saturated heterocycles. The summed E-state index contributed by atoms with van der Waals surface area (Å²) >= 11 is 3.65. The van der Waals surface area contributed by atoms with E-state index in [0.717, 1.165) is 4.47 Å². The van der Waals surface area contributed by atoms with E-state index in [1.807, 2.05) is 0 Å². The van der Waals surface area contributed by atoms with Crippen LogP contribution in [0.5, 0.6) is 0 Å². The number of benzene rings is 4. The Bertz CT molecular complexity index is 1180. The lowest BCUT2D eigenvalue weighted by molar-refractivity contribution is 1.18. The predicted molar refractivity (Wildman–Crippen MR) is 114 cm³/mol. The van der Waals surface area contributed by atoms with Crippen molar-refractivity contribution in [1.29, 1.82) is 0 Å². The van der Waals surface area contributed by atoms with Gasteiger partial charge in [0.15, 0.2) is 0 Å². The first-order valence-electron chi connectivity index (χ1n) is 8.66. The van der Waals surface area contributed by atoms with Gasteiger partial charge >= 0.3 is 0 Å². The van der Waals surface area contributed by atoms with Crippen LogP contribution < -0.4 is 0 Å². The number of aromatic nitrogens is 1. The second-order valence-corrected chi connectivity index (χ2v) is 7.31. The summed E-state index contributed by atoms with van der Waals surface area (Å²) in [6.07, 6.45) is 0. The molecule has 0 bridgehead atoms. The van der Waals surface area contributed by atoms with E-state index in [4.69, 9.17) is 0 Å². The van der Waals surface area contributed by atoms with Crippen LogP contribution >= 0.6 is 15.9 Å². The molecule has 26 heavy (non-hydrogen) atoms. The molecule has 0 fully saturated rings. The van der Waals surface area contributed by atoms with Gasteiger partial charge in [-0.2, -0.15) is 0 Å². The number of para-hydroxylation sites is 2. The SMILES string of the molecule is Brc1ccc(-n2c3ccccc3c3ccccc32)c(-c2ccccc2)c1. The van der Waals surface area contributed by atoms with Gasteiger partial charge in [-0.05, 0) is 35.9 Å². The fourth-order valence-electron chi connectivity index (χ4n) is 3.73. The number of rotatable bonds is 2. The van der Waals surface area contributed by atoms with E-state index in [2.05, 4.69) is 118 Å². The monoisotopic (exact) mass is 397 g/mol. The Labute approximate surface area is 160 Å². The molecular weight excluding hydrogens is 382 g/mol. The average Bonchev–Trinajstić information content (AvgIpc) is 3.03. The number of nitrogens with zero attached hydrogens (tertiary/aromatic N) is 1. The van der Waals surface area contributed by atoms with E-state index in [1.165, 1.54) is 38.6 Å². The van der Waals surface area contributed by atoms with E-state index in [9.17, 15) is 0 Å². The van der Waals surface area contributed by atoms with Crippen molar-refractivity contribution in [1.82, 2.24) is 4.57 Å². The highest BCUT2D eigenvalue weighted by Gasteiger charge is 2.15. The van der Waals surface area contributed by atoms with Crippen LogP contribution in [0.1, 0.15) is 0 Å². The maximum absolute atomic E-state index is 3.65. The van der Waals surface area contributed by atoms with Crippen LogP contribution in [-0.2, 0) is 0 Å². The van der Waals surface area contributed by atoms with Gasteiger partial charge in [0.05, 0.1) is 16.7 Å². The first-order chi connectivity index (χ1) is 12.8. The largest absolute Gasteiger partial charge is 0.309 e. The molecule has 124 valence electrons. The zero-order chi connectivity index (χ0) is 17.5. The van der Waals surface area contributed by atoms with Gasteiger partial charge in [0, 0.05) is 20.8 Å². The molecule has 0 radical (unpaired) electrons. The Hall–Kier alpha value is -2.84. The second kappa shape index (κ2) is 6.15.